The molecule has 2 N–H and O–H groups in total. The van der Waals surface area contributed by atoms with E-state index in [1.54, 1.807) is 14.2 Å². The van der Waals surface area contributed by atoms with Crippen LogP contribution in [0.1, 0.15) is 35.1 Å². The minimum absolute atomic E-state index is 0.0882. The van der Waals surface area contributed by atoms with Crippen LogP contribution in [0.4, 0.5) is 0 Å². The Morgan fingerprint density at radius 1 is 0.740 bits per heavy atom. The zero-order chi connectivity index (χ0) is 34.6. The summed E-state index contributed by atoms with van der Waals surface area (Å²) in [5.41, 5.74) is 10.7. The van der Waals surface area contributed by atoms with Crippen LogP contribution in [0.5, 0.6) is 11.6 Å². The van der Waals surface area contributed by atoms with Gasteiger partial charge in [-0.2, -0.15) is 0 Å². The van der Waals surface area contributed by atoms with Crippen molar-refractivity contribution in [1.29, 1.82) is 0 Å². The standard InChI is InChI=1S/C40H44N6O4/c1-25-30(6-5-7-32(25)33-11-10-29(38(44-33)50-4)18-46-23-40(24-46)16-36(48)43-20-40)31-12-13-41-37(26(31)2)27-8-9-28(34(14-27)49-3)17-45-21-39(22-45)15-35(47)42-19-39/h5-14H,15-24H2,1-4H3,(H,42,47)(H,43,48). The van der Waals surface area contributed by atoms with Crippen LogP contribution in [0.15, 0.2) is 60.8 Å². The van der Waals surface area contributed by atoms with E-state index in [1.807, 2.05) is 6.20 Å². The number of nitrogens with one attached hydrogen (secondary N) is 2. The van der Waals surface area contributed by atoms with Crippen LogP contribution in [0.25, 0.3) is 33.6 Å². The molecule has 4 aromatic rings. The molecule has 0 bridgehead atoms. The van der Waals surface area contributed by atoms with E-state index in [4.69, 9.17) is 19.4 Å². The summed E-state index contributed by atoms with van der Waals surface area (Å²) in [5.74, 6) is 1.80. The number of hydrogen-bond donors (Lipinski definition) is 2. The zero-order valence-electron chi connectivity index (χ0n) is 29.3. The van der Waals surface area contributed by atoms with E-state index in [2.05, 4.69) is 88.9 Å². The monoisotopic (exact) mass is 672 g/mol. The van der Waals surface area contributed by atoms with Gasteiger partial charge >= 0.3 is 0 Å². The van der Waals surface area contributed by atoms with Crippen molar-refractivity contribution in [3.63, 3.8) is 0 Å². The first-order valence-corrected chi connectivity index (χ1v) is 17.4. The third-order valence-electron chi connectivity index (χ3n) is 11.2. The van der Waals surface area contributed by atoms with Gasteiger partial charge in [0.1, 0.15) is 5.75 Å². The maximum Gasteiger partial charge on any atom is 0.220 e. The van der Waals surface area contributed by atoms with Crippen LogP contribution in [-0.2, 0) is 22.7 Å². The maximum absolute atomic E-state index is 11.8. The highest BCUT2D eigenvalue weighted by Gasteiger charge is 2.49. The Hall–Kier alpha value is -4.80. The highest BCUT2D eigenvalue weighted by Crippen LogP contribution is 2.41. The Morgan fingerprint density at radius 3 is 1.98 bits per heavy atom. The molecule has 2 aromatic carbocycles. The molecule has 258 valence electrons. The van der Waals surface area contributed by atoms with Gasteiger partial charge in [-0.3, -0.25) is 24.4 Å². The Bertz CT molecular complexity index is 1860. The quantitative estimate of drug-likeness (QED) is 0.262. The molecular weight excluding hydrogens is 628 g/mol. The predicted octanol–water partition coefficient (Wildman–Crippen LogP) is 4.76. The highest BCUT2D eigenvalue weighted by molar-refractivity contribution is 5.82. The number of hydrogen-bond acceptors (Lipinski definition) is 8. The summed E-state index contributed by atoms with van der Waals surface area (Å²) < 4.78 is 11.7. The fourth-order valence-electron chi connectivity index (χ4n) is 8.72. The summed E-state index contributed by atoms with van der Waals surface area (Å²) in [6, 6.07) is 19.0. The number of rotatable bonds is 9. The van der Waals surface area contributed by atoms with Gasteiger partial charge < -0.3 is 20.1 Å². The van der Waals surface area contributed by atoms with Gasteiger partial charge in [0.25, 0.3) is 0 Å². The first kappa shape index (κ1) is 32.4. The van der Waals surface area contributed by atoms with Crippen LogP contribution in [0, 0.1) is 24.7 Å². The molecule has 0 saturated carbocycles. The van der Waals surface area contributed by atoms with Crippen molar-refractivity contribution < 1.29 is 19.1 Å². The van der Waals surface area contributed by atoms with Gasteiger partial charge in [0.2, 0.25) is 17.7 Å². The molecule has 4 aliphatic heterocycles. The van der Waals surface area contributed by atoms with Gasteiger partial charge in [-0.05, 0) is 54.3 Å². The number of pyridine rings is 2. The van der Waals surface area contributed by atoms with Gasteiger partial charge in [0.15, 0.2) is 0 Å². The summed E-state index contributed by atoms with van der Waals surface area (Å²) in [7, 11) is 3.40. The molecule has 0 radical (unpaired) electrons. The molecular formula is C40H44N6O4. The minimum atomic E-state index is 0.0882. The number of carbonyl (C=O) groups excluding carboxylic acids is 2. The Morgan fingerprint density at radius 2 is 1.36 bits per heavy atom. The second-order valence-corrected chi connectivity index (χ2v) is 14.9. The van der Waals surface area contributed by atoms with Crippen LogP contribution in [0.3, 0.4) is 0 Å². The molecule has 4 aliphatic rings. The van der Waals surface area contributed by atoms with E-state index in [1.165, 1.54) is 0 Å². The number of aromatic nitrogens is 2. The van der Waals surface area contributed by atoms with Gasteiger partial charge in [-0.15, -0.1) is 0 Å². The zero-order valence-corrected chi connectivity index (χ0v) is 29.3. The van der Waals surface area contributed by atoms with Crippen molar-refractivity contribution in [2.45, 2.75) is 39.8 Å². The lowest BCUT2D eigenvalue weighted by Crippen LogP contribution is -2.56. The fourth-order valence-corrected chi connectivity index (χ4v) is 8.72. The number of likely N-dealkylation sites (tertiary alicyclic amines) is 2. The lowest BCUT2D eigenvalue weighted by atomic mass is 9.79. The molecule has 0 aliphatic carbocycles. The Kier molecular flexibility index (Phi) is 8.11. The van der Waals surface area contributed by atoms with E-state index >= 15 is 0 Å². The van der Waals surface area contributed by atoms with Gasteiger partial charge in [0.05, 0.1) is 25.6 Å². The summed E-state index contributed by atoms with van der Waals surface area (Å²) in [6.45, 7) is 11.0. The molecule has 0 unspecified atom stereocenters. The number of amides is 2. The first-order chi connectivity index (χ1) is 24.2. The maximum atomic E-state index is 11.8. The minimum Gasteiger partial charge on any atom is -0.496 e. The molecule has 4 fully saturated rings. The third kappa shape index (κ3) is 5.80. The van der Waals surface area contributed by atoms with Crippen molar-refractivity contribution in [2.24, 2.45) is 10.8 Å². The largest absolute Gasteiger partial charge is 0.496 e. The third-order valence-corrected chi connectivity index (χ3v) is 11.2. The highest BCUT2D eigenvalue weighted by atomic mass is 16.5. The number of methoxy groups -OCH3 is 2. The Balaban J connectivity index is 1.01. The van der Waals surface area contributed by atoms with E-state index in [9.17, 15) is 9.59 Å². The molecule has 10 nitrogen and oxygen atoms in total. The topological polar surface area (TPSA) is 109 Å². The first-order valence-electron chi connectivity index (χ1n) is 17.4. The molecule has 2 amide bonds. The van der Waals surface area contributed by atoms with Crippen molar-refractivity contribution in [2.75, 3.05) is 53.5 Å². The number of carbonyl (C=O) groups is 2. The van der Waals surface area contributed by atoms with Gasteiger partial charge in [-0.25, -0.2) is 4.98 Å². The average molecular weight is 673 g/mol. The molecule has 6 heterocycles. The summed E-state index contributed by atoms with van der Waals surface area (Å²) in [6.07, 6.45) is 3.13. The average Bonchev–Trinajstić information content (AvgIpc) is 3.68. The van der Waals surface area contributed by atoms with E-state index in [0.29, 0.717) is 18.7 Å². The van der Waals surface area contributed by atoms with Crippen molar-refractivity contribution in [3.05, 3.63) is 83.0 Å². The van der Waals surface area contributed by atoms with E-state index < -0.39 is 0 Å². The molecule has 10 heteroatoms. The fraction of sp³-hybridized carbons (Fsp3) is 0.400. The van der Waals surface area contributed by atoms with Gasteiger partial charge in [-0.1, -0.05) is 36.4 Å². The summed E-state index contributed by atoms with van der Waals surface area (Å²) in [5, 5.41) is 5.97. The smallest absolute Gasteiger partial charge is 0.220 e. The Labute approximate surface area is 293 Å². The molecule has 50 heavy (non-hydrogen) atoms. The molecule has 2 aromatic heterocycles. The lowest BCUT2D eigenvalue weighted by Gasteiger charge is -2.47. The molecule has 8 rings (SSSR count). The van der Waals surface area contributed by atoms with Crippen LogP contribution in [-0.4, -0.2) is 85.1 Å². The number of nitrogens with zero attached hydrogens (tertiary/aromatic N) is 4. The van der Waals surface area contributed by atoms with Crippen LogP contribution >= 0.6 is 0 Å². The van der Waals surface area contributed by atoms with Crippen LogP contribution < -0.4 is 20.1 Å². The number of ether oxygens (including phenoxy) is 2. The SMILES string of the molecule is COc1cc(-c2nccc(-c3cccc(-c4ccc(CN5CC6(CNC(=O)C6)C5)c(OC)n4)c3C)c2C)ccc1CN1CC2(CNC(=O)C2)C1. The summed E-state index contributed by atoms with van der Waals surface area (Å²) >= 11 is 0. The predicted molar refractivity (Wildman–Crippen MR) is 192 cm³/mol. The van der Waals surface area contributed by atoms with E-state index in [0.717, 1.165) is 114 Å². The van der Waals surface area contributed by atoms with E-state index in [-0.39, 0.29) is 22.6 Å². The second kappa shape index (κ2) is 12.5. The van der Waals surface area contributed by atoms with Crippen molar-refractivity contribution in [1.82, 2.24) is 30.4 Å². The number of benzene rings is 2. The summed E-state index contributed by atoms with van der Waals surface area (Å²) in [4.78, 5) is 38.1. The molecule has 2 spiro atoms. The van der Waals surface area contributed by atoms with Gasteiger partial charge in [0, 0.05) is 104 Å². The van der Waals surface area contributed by atoms with Crippen molar-refractivity contribution >= 4 is 11.8 Å². The van der Waals surface area contributed by atoms with Crippen molar-refractivity contribution in [3.8, 4) is 45.3 Å². The van der Waals surface area contributed by atoms with Crippen LogP contribution in [0.2, 0.25) is 0 Å². The lowest BCUT2D eigenvalue weighted by molar-refractivity contribution is -0.121. The second-order valence-electron chi connectivity index (χ2n) is 14.9. The normalized spacial score (nSPS) is 19.3. The molecule has 4 saturated heterocycles. The molecule has 0 atom stereocenters.